The van der Waals surface area contributed by atoms with Gasteiger partial charge in [0.2, 0.25) is 0 Å². The highest BCUT2D eigenvalue weighted by atomic mass is 19.1. The minimum Gasteiger partial charge on any atom is -0.492 e. The third-order valence-electron chi connectivity index (χ3n) is 4.63. The zero-order valence-corrected chi connectivity index (χ0v) is 16.6. The average Bonchev–Trinajstić information content (AvgIpc) is 2.65. The van der Waals surface area contributed by atoms with E-state index in [9.17, 15) is 14.3 Å². The Labute approximate surface area is 168 Å². The molecule has 2 aromatic rings. The van der Waals surface area contributed by atoms with Gasteiger partial charge in [0.25, 0.3) is 0 Å². The van der Waals surface area contributed by atoms with Crippen LogP contribution >= 0.6 is 0 Å². The Morgan fingerprint density at radius 3 is 2.55 bits per heavy atom. The second-order valence-electron chi connectivity index (χ2n) is 7.83. The van der Waals surface area contributed by atoms with Gasteiger partial charge >= 0.3 is 5.97 Å². The van der Waals surface area contributed by atoms with E-state index in [1.807, 2.05) is 20.8 Å². The quantitative estimate of drug-likeness (QED) is 0.575. The summed E-state index contributed by atoms with van der Waals surface area (Å²) in [6.45, 7) is 7.17. The van der Waals surface area contributed by atoms with Gasteiger partial charge in [-0.2, -0.15) is 0 Å². The summed E-state index contributed by atoms with van der Waals surface area (Å²) in [5.74, 6) is -1.30. The SMILES string of the molecule is CC(C)C(=N)c1c(OCC2(C)COC2)cc(C(=O)O)nc1Nc1ccc(F)cc1. The van der Waals surface area contributed by atoms with E-state index in [2.05, 4.69) is 10.3 Å². The van der Waals surface area contributed by atoms with E-state index in [1.165, 1.54) is 30.3 Å². The Morgan fingerprint density at radius 2 is 2.03 bits per heavy atom. The van der Waals surface area contributed by atoms with Crippen molar-refractivity contribution in [2.75, 3.05) is 25.1 Å². The molecule has 29 heavy (non-hydrogen) atoms. The maximum Gasteiger partial charge on any atom is 0.354 e. The van der Waals surface area contributed by atoms with Crippen LogP contribution in [0.25, 0.3) is 0 Å². The average molecular weight is 401 g/mol. The number of nitrogens with one attached hydrogen (secondary N) is 2. The van der Waals surface area contributed by atoms with Gasteiger partial charge in [-0.05, 0) is 30.2 Å². The molecule has 0 unspecified atom stereocenters. The number of rotatable bonds is 8. The lowest BCUT2D eigenvalue weighted by molar-refractivity contribution is -0.120. The van der Waals surface area contributed by atoms with Gasteiger partial charge in [0.15, 0.2) is 5.69 Å². The van der Waals surface area contributed by atoms with E-state index in [0.717, 1.165) is 0 Å². The molecule has 0 saturated carbocycles. The molecule has 0 aliphatic carbocycles. The Bertz CT molecular complexity index is 924. The number of aromatic nitrogens is 1. The predicted molar refractivity (Wildman–Crippen MR) is 107 cm³/mol. The maximum atomic E-state index is 13.2. The number of nitrogens with zero attached hydrogens (tertiary/aromatic N) is 1. The third kappa shape index (κ3) is 4.71. The van der Waals surface area contributed by atoms with Crippen molar-refractivity contribution >= 4 is 23.2 Å². The van der Waals surface area contributed by atoms with Gasteiger partial charge in [-0.3, -0.25) is 0 Å². The van der Waals surface area contributed by atoms with Crippen molar-refractivity contribution in [3.05, 3.63) is 47.4 Å². The van der Waals surface area contributed by atoms with Gasteiger partial charge in [0, 0.05) is 22.9 Å². The Balaban J connectivity index is 2.05. The number of anilines is 2. The number of aromatic carboxylic acids is 1. The van der Waals surface area contributed by atoms with Crippen LogP contribution in [0.15, 0.2) is 30.3 Å². The minimum atomic E-state index is -1.21. The fourth-order valence-corrected chi connectivity index (χ4v) is 2.84. The molecule has 1 fully saturated rings. The highest BCUT2D eigenvalue weighted by Crippen LogP contribution is 2.34. The summed E-state index contributed by atoms with van der Waals surface area (Å²) in [7, 11) is 0. The molecule has 0 amide bonds. The van der Waals surface area contributed by atoms with Crippen LogP contribution in [-0.2, 0) is 4.74 Å². The zero-order valence-electron chi connectivity index (χ0n) is 16.6. The van der Waals surface area contributed by atoms with Crippen molar-refractivity contribution in [3.63, 3.8) is 0 Å². The fraction of sp³-hybridized carbons (Fsp3) is 0.381. The summed E-state index contributed by atoms with van der Waals surface area (Å²) in [6.07, 6.45) is 0. The molecular formula is C21H24FN3O4. The van der Waals surface area contributed by atoms with Crippen molar-refractivity contribution in [1.82, 2.24) is 4.98 Å². The predicted octanol–water partition coefficient (Wildman–Crippen LogP) is 4.10. The highest BCUT2D eigenvalue weighted by molar-refractivity contribution is 6.07. The Hall–Kier alpha value is -3.00. The molecule has 154 valence electrons. The second-order valence-corrected chi connectivity index (χ2v) is 7.83. The number of benzene rings is 1. The summed E-state index contributed by atoms with van der Waals surface area (Å²) < 4.78 is 24.5. The first-order chi connectivity index (χ1) is 13.7. The molecule has 0 radical (unpaired) electrons. The molecule has 0 spiro atoms. The lowest BCUT2D eigenvalue weighted by Gasteiger charge is -2.37. The van der Waals surface area contributed by atoms with Crippen molar-refractivity contribution in [3.8, 4) is 5.75 Å². The summed E-state index contributed by atoms with van der Waals surface area (Å²) in [4.78, 5) is 15.8. The van der Waals surface area contributed by atoms with Gasteiger partial charge in [-0.15, -0.1) is 0 Å². The van der Waals surface area contributed by atoms with Crippen molar-refractivity contribution in [1.29, 1.82) is 5.41 Å². The largest absolute Gasteiger partial charge is 0.492 e. The van der Waals surface area contributed by atoms with E-state index in [4.69, 9.17) is 14.9 Å². The van der Waals surface area contributed by atoms with E-state index < -0.39 is 11.8 Å². The molecule has 1 saturated heterocycles. The van der Waals surface area contributed by atoms with Crippen LogP contribution in [0.1, 0.15) is 36.8 Å². The van der Waals surface area contributed by atoms with Crippen LogP contribution in [0.5, 0.6) is 5.75 Å². The van der Waals surface area contributed by atoms with Gasteiger partial charge in [-0.1, -0.05) is 20.8 Å². The molecule has 3 rings (SSSR count). The second kappa shape index (κ2) is 8.16. The van der Waals surface area contributed by atoms with E-state index >= 15 is 0 Å². The summed E-state index contributed by atoms with van der Waals surface area (Å²) in [6, 6.07) is 6.94. The normalized spacial score (nSPS) is 14.9. The van der Waals surface area contributed by atoms with E-state index in [1.54, 1.807) is 0 Å². The number of hydrogen-bond donors (Lipinski definition) is 3. The molecule has 1 aliphatic rings. The van der Waals surface area contributed by atoms with Crippen LogP contribution in [-0.4, -0.2) is 41.6 Å². The lowest BCUT2D eigenvalue weighted by Crippen LogP contribution is -2.44. The molecule has 1 aliphatic heterocycles. The third-order valence-corrected chi connectivity index (χ3v) is 4.63. The van der Waals surface area contributed by atoms with Gasteiger partial charge in [-0.25, -0.2) is 14.2 Å². The van der Waals surface area contributed by atoms with Gasteiger partial charge in [0.1, 0.15) is 17.4 Å². The first-order valence-corrected chi connectivity index (χ1v) is 9.29. The zero-order chi connectivity index (χ0) is 21.2. The number of carbonyl (C=O) groups is 1. The van der Waals surface area contributed by atoms with Crippen LogP contribution in [0.2, 0.25) is 0 Å². The Morgan fingerprint density at radius 1 is 1.38 bits per heavy atom. The minimum absolute atomic E-state index is 0.147. The maximum absolute atomic E-state index is 13.2. The van der Waals surface area contributed by atoms with Crippen LogP contribution in [0.3, 0.4) is 0 Å². The lowest BCUT2D eigenvalue weighted by atomic mass is 9.90. The van der Waals surface area contributed by atoms with Gasteiger partial charge in [0.05, 0.1) is 25.4 Å². The molecule has 7 nitrogen and oxygen atoms in total. The van der Waals surface area contributed by atoms with Gasteiger partial charge < -0.3 is 25.3 Å². The van der Waals surface area contributed by atoms with Crippen LogP contribution in [0, 0.1) is 22.6 Å². The molecule has 0 bridgehead atoms. The topological polar surface area (TPSA) is 105 Å². The molecule has 1 aromatic heterocycles. The molecule has 1 aromatic carbocycles. The van der Waals surface area contributed by atoms with Crippen molar-refractivity contribution < 1.29 is 23.8 Å². The van der Waals surface area contributed by atoms with Crippen molar-refractivity contribution in [2.24, 2.45) is 11.3 Å². The standard InChI is InChI=1S/C21H24FN3O4/c1-12(2)18(23)17-16(29-11-21(3)9-28-10-21)8-15(20(26)27)25-19(17)24-14-6-4-13(22)5-7-14/h4-8,12,23H,9-11H2,1-3H3,(H,24,25)(H,26,27). The molecule has 0 atom stereocenters. The van der Waals surface area contributed by atoms with E-state index in [-0.39, 0.29) is 34.3 Å². The number of pyridine rings is 1. The fourth-order valence-electron chi connectivity index (χ4n) is 2.84. The first-order valence-electron chi connectivity index (χ1n) is 9.29. The summed E-state index contributed by atoms with van der Waals surface area (Å²) in [5.41, 5.74) is 0.792. The summed E-state index contributed by atoms with van der Waals surface area (Å²) >= 11 is 0. The van der Waals surface area contributed by atoms with E-state index in [0.29, 0.717) is 31.1 Å². The van der Waals surface area contributed by atoms with Crippen molar-refractivity contribution in [2.45, 2.75) is 20.8 Å². The number of ether oxygens (including phenoxy) is 2. The smallest absolute Gasteiger partial charge is 0.354 e. The monoisotopic (exact) mass is 401 g/mol. The molecule has 3 N–H and O–H groups in total. The number of carboxylic acids is 1. The molecular weight excluding hydrogens is 377 g/mol. The molecule has 2 heterocycles. The number of halogens is 1. The Kier molecular flexibility index (Phi) is 5.83. The first kappa shape index (κ1) is 20.7. The summed E-state index contributed by atoms with van der Waals surface area (Å²) in [5, 5.41) is 21.0. The highest BCUT2D eigenvalue weighted by Gasteiger charge is 2.35. The molecule has 8 heteroatoms. The number of hydrogen-bond acceptors (Lipinski definition) is 6. The van der Waals surface area contributed by atoms with Crippen LogP contribution < -0.4 is 10.1 Å². The number of carboxylic acid groups (broad SMARTS) is 1. The van der Waals surface area contributed by atoms with Crippen LogP contribution in [0.4, 0.5) is 15.9 Å².